The highest BCUT2D eigenvalue weighted by Crippen LogP contribution is 2.18. The maximum atomic E-state index is 6.03. The van der Waals surface area contributed by atoms with Crippen molar-refractivity contribution in [2.75, 3.05) is 5.75 Å². The summed E-state index contributed by atoms with van der Waals surface area (Å²) in [5, 5.41) is 4.17. The van der Waals surface area contributed by atoms with Crippen LogP contribution in [0.4, 0.5) is 0 Å². The van der Waals surface area contributed by atoms with Crippen LogP contribution in [0.1, 0.15) is 5.56 Å². The van der Waals surface area contributed by atoms with Gasteiger partial charge in [0.15, 0.2) is 0 Å². The van der Waals surface area contributed by atoms with E-state index >= 15 is 0 Å². The molecule has 0 radical (unpaired) electrons. The van der Waals surface area contributed by atoms with E-state index in [-0.39, 0.29) is 6.04 Å². The number of hydrogen-bond donors (Lipinski definition) is 3. The first-order valence-electron chi connectivity index (χ1n) is 6.49. The molecule has 0 amide bonds. The van der Waals surface area contributed by atoms with Gasteiger partial charge in [-0.3, -0.25) is 5.43 Å². The Hall–Kier alpha value is -1.78. The predicted molar refractivity (Wildman–Crippen MR) is 88.9 cm³/mol. The predicted octanol–water partition coefficient (Wildman–Crippen LogP) is 2.44. The van der Waals surface area contributed by atoms with Crippen LogP contribution in [-0.2, 0) is 6.42 Å². The van der Waals surface area contributed by atoms with Crippen molar-refractivity contribution in [2.45, 2.75) is 12.5 Å². The quantitative estimate of drug-likeness (QED) is 0.744. The third kappa shape index (κ3) is 3.85. The number of nitrogens with two attached hydrogens (primary N) is 1. The summed E-state index contributed by atoms with van der Waals surface area (Å²) in [4.78, 5) is 0. The number of hydrazone groups is 1. The average Bonchev–Trinajstić information content (AvgIpc) is 2.45. The second-order valence-electron chi connectivity index (χ2n) is 4.68. The Balaban J connectivity index is 2.20. The highest BCUT2D eigenvalue weighted by atomic mass is 32.1. The van der Waals surface area contributed by atoms with E-state index in [4.69, 9.17) is 5.73 Å². The molecule has 1 aliphatic rings. The lowest BCUT2D eigenvalue weighted by Crippen LogP contribution is -2.26. The van der Waals surface area contributed by atoms with E-state index in [1.165, 1.54) is 5.56 Å². The van der Waals surface area contributed by atoms with Gasteiger partial charge in [0.1, 0.15) is 0 Å². The van der Waals surface area contributed by atoms with Crippen LogP contribution in [0.3, 0.4) is 0 Å². The molecule has 0 aromatic heterocycles. The Morgan fingerprint density at radius 2 is 2.05 bits per heavy atom. The van der Waals surface area contributed by atoms with E-state index in [0.717, 1.165) is 23.1 Å². The molecule has 3 N–H and O–H groups in total. The van der Waals surface area contributed by atoms with E-state index in [1.54, 1.807) is 6.20 Å². The minimum Gasteiger partial charge on any atom is -0.323 e. The number of allylic oxidation sites excluding steroid dienone is 2. The summed E-state index contributed by atoms with van der Waals surface area (Å²) in [6.07, 6.45) is 6.45. The minimum atomic E-state index is -0.152. The fourth-order valence-corrected chi connectivity index (χ4v) is 2.23. The van der Waals surface area contributed by atoms with Crippen molar-refractivity contribution in [1.29, 1.82) is 0 Å². The molecule has 0 fully saturated rings. The summed E-state index contributed by atoms with van der Waals surface area (Å²) in [7, 11) is 0. The molecule has 1 unspecified atom stereocenters. The second kappa shape index (κ2) is 7.12. The van der Waals surface area contributed by atoms with Crippen molar-refractivity contribution in [1.82, 2.24) is 5.43 Å². The zero-order chi connectivity index (χ0) is 14.4. The molecule has 0 aliphatic carbocycles. The molecule has 0 bridgehead atoms. The van der Waals surface area contributed by atoms with E-state index < -0.39 is 0 Å². The maximum Gasteiger partial charge on any atom is 0.0507 e. The van der Waals surface area contributed by atoms with Crippen molar-refractivity contribution >= 4 is 18.8 Å². The van der Waals surface area contributed by atoms with Gasteiger partial charge in [-0.25, -0.2) is 0 Å². The summed E-state index contributed by atoms with van der Waals surface area (Å²) in [6, 6.07) is 10.1. The lowest BCUT2D eigenvalue weighted by molar-refractivity contribution is 0.854. The molecular weight excluding hydrogens is 266 g/mol. The number of nitrogens with zero attached hydrogens (tertiary/aromatic N) is 1. The molecule has 0 spiro atoms. The van der Waals surface area contributed by atoms with Crippen molar-refractivity contribution in [3.63, 3.8) is 0 Å². The van der Waals surface area contributed by atoms with Gasteiger partial charge in [0.2, 0.25) is 0 Å². The Bertz CT molecular complexity index is 558. The topological polar surface area (TPSA) is 50.4 Å². The van der Waals surface area contributed by atoms with Gasteiger partial charge in [-0.2, -0.15) is 17.7 Å². The SMILES string of the molecule is C=C1/C=C(Cc2ccccc2)\C=N/NC=C1C(N)CS. The number of hydrogen-bond acceptors (Lipinski definition) is 4. The van der Waals surface area contributed by atoms with E-state index in [2.05, 4.69) is 41.9 Å². The van der Waals surface area contributed by atoms with Crippen LogP contribution >= 0.6 is 12.6 Å². The first-order chi connectivity index (χ1) is 9.70. The molecule has 0 saturated heterocycles. The van der Waals surface area contributed by atoms with Gasteiger partial charge in [0, 0.05) is 18.0 Å². The minimum absolute atomic E-state index is 0.152. The molecule has 4 heteroatoms. The molecule has 2 rings (SSSR count). The highest BCUT2D eigenvalue weighted by Gasteiger charge is 2.11. The fourth-order valence-electron chi connectivity index (χ4n) is 2.04. The first kappa shape index (κ1) is 14.6. The van der Waals surface area contributed by atoms with Gasteiger partial charge < -0.3 is 5.73 Å². The van der Waals surface area contributed by atoms with Crippen molar-refractivity contribution in [3.05, 3.63) is 71.5 Å². The van der Waals surface area contributed by atoms with Crippen molar-refractivity contribution in [3.8, 4) is 0 Å². The van der Waals surface area contributed by atoms with Gasteiger partial charge in [-0.05, 0) is 28.7 Å². The third-order valence-electron chi connectivity index (χ3n) is 3.10. The van der Waals surface area contributed by atoms with Crippen molar-refractivity contribution in [2.24, 2.45) is 10.8 Å². The molecular formula is C16H19N3S. The maximum absolute atomic E-state index is 6.03. The van der Waals surface area contributed by atoms with Crippen molar-refractivity contribution < 1.29 is 0 Å². The fraction of sp³-hybridized carbons (Fsp3) is 0.188. The smallest absolute Gasteiger partial charge is 0.0507 e. The standard InChI is InChI=1S/C16H19N3S/c1-12-7-14(8-13-5-3-2-4-6-13)9-18-19-10-15(12)16(17)11-20/h2-7,9-10,16,19-20H,1,8,11,17H2/b14-7-,15-10?,18-9-. The second-order valence-corrected chi connectivity index (χ2v) is 5.05. The molecule has 1 heterocycles. The molecule has 3 nitrogen and oxygen atoms in total. The molecule has 1 aromatic rings. The number of thiol groups is 1. The molecule has 0 saturated carbocycles. The molecule has 1 aromatic carbocycles. The zero-order valence-electron chi connectivity index (χ0n) is 11.3. The summed E-state index contributed by atoms with van der Waals surface area (Å²) in [5.41, 5.74) is 13.1. The van der Waals surface area contributed by atoms with E-state index in [9.17, 15) is 0 Å². The van der Waals surface area contributed by atoms with Crippen LogP contribution < -0.4 is 11.2 Å². The summed E-state index contributed by atoms with van der Waals surface area (Å²) < 4.78 is 0. The number of rotatable bonds is 4. The normalized spacial score (nSPS) is 20.8. The van der Waals surface area contributed by atoms with E-state index in [1.807, 2.05) is 30.5 Å². The summed E-state index contributed by atoms with van der Waals surface area (Å²) >= 11 is 4.24. The highest BCUT2D eigenvalue weighted by molar-refractivity contribution is 7.80. The lowest BCUT2D eigenvalue weighted by Gasteiger charge is -2.16. The summed E-state index contributed by atoms with van der Waals surface area (Å²) in [6.45, 7) is 4.10. The third-order valence-corrected chi connectivity index (χ3v) is 3.50. The Labute approximate surface area is 125 Å². The van der Waals surface area contributed by atoms with Gasteiger partial charge in [0.25, 0.3) is 0 Å². The monoisotopic (exact) mass is 285 g/mol. The molecule has 20 heavy (non-hydrogen) atoms. The Kier molecular flexibility index (Phi) is 5.21. The Morgan fingerprint density at radius 3 is 2.75 bits per heavy atom. The van der Waals surface area contributed by atoms with Crippen LogP contribution in [-0.4, -0.2) is 18.0 Å². The van der Waals surface area contributed by atoms with Gasteiger partial charge in [-0.1, -0.05) is 43.0 Å². The molecule has 104 valence electrons. The Morgan fingerprint density at radius 1 is 1.30 bits per heavy atom. The van der Waals surface area contributed by atoms with Crippen LogP contribution in [0.2, 0.25) is 0 Å². The average molecular weight is 285 g/mol. The summed E-state index contributed by atoms with van der Waals surface area (Å²) in [5.74, 6) is 0.568. The van der Waals surface area contributed by atoms with Crippen LogP contribution in [0, 0.1) is 0 Å². The zero-order valence-corrected chi connectivity index (χ0v) is 12.2. The van der Waals surface area contributed by atoms with Gasteiger partial charge in [0.05, 0.1) is 6.21 Å². The number of benzene rings is 1. The number of nitrogens with one attached hydrogen (secondary N) is 1. The van der Waals surface area contributed by atoms with E-state index in [0.29, 0.717) is 5.75 Å². The molecule has 1 atom stereocenters. The largest absolute Gasteiger partial charge is 0.323 e. The van der Waals surface area contributed by atoms with Crippen LogP contribution in [0.15, 0.2) is 71.0 Å². The lowest BCUT2D eigenvalue weighted by atomic mass is 9.97. The first-order valence-corrected chi connectivity index (χ1v) is 7.13. The van der Waals surface area contributed by atoms with Crippen LogP contribution in [0.5, 0.6) is 0 Å². The van der Waals surface area contributed by atoms with Gasteiger partial charge >= 0.3 is 0 Å². The van der Waals surface area contributed by atoms with Gasteiger partial charge in [-0.15, -0.1) is 0 Å². The molecule has 1 aliphatic heterocycles. The van der Waals surface area contributed by atoms with Crippen LogP contribution in [0.25, 0.3) is 0 Å².